The molecule has 2 saturated carbocycles. The molecule has 4 unspecified atom stereocenters. The highest BCUT2D eigenvalue weighted by Crippen LogP contribution is 2.44. The number of hydrogen-bond donors (Lipinski definition) is 1. The number of amidine groups is 2. The topological polar surface area (TPSA) is 49.1 Å². The zero-order chi connectivity index (χ0) is 40.1. The van der Waals surface area contributed by atoms with Gasteiger partial charge in [-0.25, -0.2) is 9.98 Å². The van der Waals surface area contributed by atoms with Gasteiger partial charge in [0.05, 0.1) is 0 Å². The molecule has 1 N–H and O–H groups in total. The predicted octanol–water partition coefficient (Wildman–Crippen LogP) is 14.8. The molecule has 7 aliphatic carbocycles. The third-order valence-corrected chi connectivity index (χ3v) is 15.8. The maximum Gasteiger partial charge on any atom is 0.154 e. The van der Waals surface area contributed by atoms with E-state index in [9.17, 15) is 0 Å². The van der Waals surface area contributed by atoms with Gasteiger partial charge in [-0.1, -0.05) is 98.2 Å². The van der Waals surface area contributed by atoms with Crippen molar-refractivity contribution in [1.82, 2.24) is 5.32 Å². The molecule has 1 aromatic carbocycles. The number of rotatable bonds is 9. The summed E-state index contributed by atoms with van der Waals surface area (Å²) in [5.74, 6) is 5.51. The number of aliphatic imine (C=N–C) groups is 3. The van der Waals surface area contributed by atoms with Crippen molar-refractivity contribution in [3.8, 4) is 0 Å². The van der Waals surface area contributed by atoms with Crippen molar-refractivity contribution in [1.29, 1.82) is 0 Å². The van der Waals surface area contributed by atoms with E-state index >= 15 is 0 Å². The lowest BCUT2D eigenvalue weighted by molar-refractivity contribution is 0.354. The Hall–Kier alpha value is -4.05. The number of benzene rings is 1. The van der Waals surface area contributed by atoms with Crippen molar-refractivity contribution >= 4 is 17.4 Å². The Kier molecular flexibility index (Phi) is 12.6. The standard InChI is InChI=1S/C56H70N4/c1-6-16-39(17-7-1)41-26-30-46(31-27-41)54-58-55(47-32-28-42(29-33-47)40-18-8-2-9-19-40)60-56(59-54)48-34-35-50(51(38-48)44-22-12-4-13-23-44)53-49(43-20-10-3-11-21-43)36-37-52(57-53)45-24-14-5-15-25-45/h6,8,10,16-18,20,22,28-29,32-33,37-38,40-41,43,45-46,49,55H,1-5,7,9,11-15,19,21,23-27,30-31,34-36H2,(H,58,59,60). The molecule has 4 atom stereocenters. The van der Waals surface area contributed by atoms with E-state index in [0.717, 1.165) is 31.5 Å². The smallest absolute Gasteiger partial charge is 0.154 e. The van der Waals surface area contributed by atoms with Crippen molar-refractivity contribution in [3.63, 3.8) is 0 Å². The van der Waals surface area contributed by atoms with Crippen molar-refractivity contribution in [2.75, 3.05) is 0 Å². The predicted molar refractivity (Wildman–Crippen MR) is 252 cm³/mol. The summed E-state index contributed by atoms with van der Waals surface area (Å²) in [5.41, 5.74) is 13.0. The zero-order valence-electron chi connectivity index (χ0n) is 36.4. The summed E-state index contributed by atoms with van der Waals surface area (Å²) in [5, 5.41) is 3.95. The van der Waals surface area contributed by atoms with Crippen LogP contribution in [-0.2, 0) is 0 Å². The Morgan fingerprint density at radius 2 is 1.38 bits per heavy atom. The van der Waals surface area contributed by atoms with Crippen LogP contribution in [0.5, 0.6) is 0 Å². The van der Waals surface area contributed by atoms with Gasteiger partial charge in [-0.3, -0.25) is 4.99 Å². The third-order valence-electron chi connectivity index (χ3n) is 15.8. The van der Waals surface area contributed by atoms with Crippen LogP contribution in [0, 0.1) is 29.6 Å². The molecule has 9 aliphatic rings. The SMILES string of the molecule is C1=CC(C2CCC(C3=NC(C4=CC(C5=CCCCC5)=C(C5=NC(C6CCCCC6)=CCC5C5C=CCCC5)CC4)=NC(c4ccc(C5C=CCCC5)cc4)N3)CC2)=CCC1. The molecule has 4 heteroatoms. The first kappa shape index (κ1) is 40.0. The first-order valence-corrected chi connectivity index (χ1v) is 24.9. The molecule has 0 saturated heterocycles. The summed E-state index contributed by atoms with van der Waals surface area (Å²) in [6.45, 7) is 0. The average Bonchev–Trinajstić information content (AvgIpc) is 3.35. The molecule has 314 valence electrons. The highest BCUT2D eigenvalue weighted by molar-refractivity contribution is 6.10. The lowest BCUT2D eigenvalue weighted by atomic mass is 9.72. The molecular formula is C56H70N4. The molecule has 10 rings (SSSR count). The van der Waals surface area contributed by atoms with Crippen LogP contribution in [0.25, 0.3) is 0 Å². The highest BCUT2D eigenvalue weighted by atomic mass is 15.2. The van der Waals surface area contributed by atoms with Gasteiger partial charge in [0.2, 0.25) is 0 Å². The van der Waals surface area contributed by atoms with Crippen LogP contribution >= 0.6 is 0 Å². The molecule has 0 aromatic heterocycles. The van der Waals surface area contributed by atoms with E-state index < -0.39 is 0 Å². The first-order valence-electron chi connectivity index (χ1n) is 24.9. The molecule has 4 nitrogen and oxygen atoms in total. The molecular weight excluding hydrogens is 729 g/mol. The minimum absolute atomic E-state index is 0.123. The Labute approximate surface area is 361 Å². The second-order valence-corrected chi connectivity index (χ2v) is 19.7. The Morgan fingerprint density at radius 1 is 0.567 bits per heavy atom. The van der Waals surface area contributed by atoms with Crippen LogP contribution in [0.4, 0.5) is 0 Å². The van der Waals surface area contributed by atoms with Gasteiger partial charge in [-0.2, -0.15) is 0 Å². The van der Waals surface area contributed by atoms with Gasteiger partial charge in [-0.15, -0.1) is 0 Å². The molecule has 2 heterocycles. The van der Waals surface area contributed by atoms with E-state index in [1.165, 1.54) is 168 Å². The second-order valence-electron chi connectivity index (χ2n) is 19.7. The summed E-state index contributed by atoms with van der Waals surface area (Å²) in [4.78, 5) is 17.0. The third kappa shape index (κ3) is 8.96. The summed E-state index contributed by atoms with van der Waals surface area (Å²) in [7, 11) is 0. The summed E-state index contributed by atoms with van der Waals surface area (Å²) in [6, 6.07) is 9.44. The van der Waals surface area contributed by atoms with Gasteiger partial charge in [-0.05, 0) is 192 Å². The molecule has 0 radical (unpaired) electrons. The van der Waals surface area contributed by atoms with E-state index in [1.807, 2.05) is 0 Å². The zero-order valence-corrected chi connectivity index (χ0v) is 36.4. The molecule has 0 bridgehead atoms. The van der Waals surface area contributed by atoms with Crippen LogP contribution in [-0.4, -0.2) is 17.4 Å². The summed E-state index contributed by atoms with van der Waals surface area (Å²) >= 11 is 0. The van der Waals surface area contributed by atoms with E-state index in [-0.39, 0.29) is 6.17 Å². The normalized spacial score (nSPS) is 31.6. The van der Waals surface area contributed by atoms with Crippen LogP contribution < -0.4 is 5.32 Å². The molecule has 2 aliphatic heterocycles. The Balaban J connectivity index is 1.01. The van der Waals surface area contributed by atoms with Gasteiger partial charge in [0.15, 0.2) is 5.84 Å². The highest BCUT2D eigenvalue weighted by Gasteiger charge is 2.36. The van der Waals surface area contributed by atoms with E-state index in [0.29, 0.717) is 35.5 Å². The fraction of sp³-hybridized carbons (Fsp3) is 0.554. The fourth-order valence-electron chi connectivity index (χ4n) is 12.3. The van der Waals surface area contributed by atoms with Gasteiger partial charge >= 0.3 is 0 Å². The fourth-order valence-corrected chi connectivity index (χ4v) is 12.3. The Bertz CT molecular complexity index is 2080. The largest absolute Gasteiger partial charge is 0.348 e. The number of nitrogens with one attached hydrogen (secondary N) is 1. The lowest BCUT2D eigenvalue weighted by Crippen LogP contribution is -2.39. The average molecular weight is 799 g/mol. The number of hydrogen-bond acceptors (Lipinski definition) is 4. The molecule has 60 heavy (non-hydrogen) atoms. The Morgan fingerprint density at radius 3 is 2.13 bits per heavy atom. The molecule has 0 spiro atoms. The van der Waals surface area contributed by atoms with Crippen molar-refractivity contribution in [2.45, 2.75) is 166 Å². The van der Waals surface area contributed by atoms with Gasteiger partial charge in [0.1, 0.15) is 12.0 Å². The summed E-state index contributed by atoms with van der Waals surface area (Å²) in [6.07, 6.45) is 54.3. The maximum atomic E-state index is 5.82. The quantitative estimate of drug-likeness (QED) is 0.249. The van der Waals surface area contributed by atoms with Crippen LogP contribution in [0.15, 0.2) is 134 Å². The maximum absolute atomic E-state index is 5.82. The molecule has 2 fully saturated rings. The first-order chi connectivity index (χ1) is 29.7. The van der Waals surface area contributed by atoms with Crippen LogP contribution in [0.3, 0.4) is 0 Å². The number of allylic oxidation sites excluding steroid dienone is 15. The monoisotopic (exact) mass is 799 g/mol. The van der Waals surface area contributed by atoms with E-state index in [4.69, 9.17) is 15.0 Å². The minimum atomic E-state index is -0.123. The van der Waals surface area contributed by atoms with Gasteiger partial charge in [0, 0.05) is 35.1 Å². The van der Waals surface area contributed by atoms with Gasteiger partial charge in [0.25, 0.3) is 0 Å². The summed E-state index contributed by atoms with van der Waals surface area (Å²) < 4.78 is 0. The van der Waals surface area contributed by atoms with E-state index in [1.54, 1.807) is 16.7 Å². The molecule has 0 amide bonds. The minimum Gasteiger partial charge on any atom is -0.348 e. The van der Waals surface area contributed by atoms with Crippen molar-refractivity contribution in [3.05, 3.63) is 130 Å². The van der Waals surface area contributed by atoms with Crippen LogP contribution in [0.2, 0.25) is 0 Å². The van der Waals surface area contributed by atoms with Crippen molar-refractivity contribution < 1.29 is 0 Å². The van der Waals surface area contributed by atoms with E-state index in [2.05, 4.69) is 90.3 Å². The number of nitrogens with zero attached hydrogens (tertiary/aromatic N) is 3. The second kappa shape index (κ2) is 18.9. The van der Waals surface area contributed by atoms with Crippen LogP contribution in [0.1, 0.15) is 177 Å². The molecule has 1 aromatic rings. The van der Waals surface area contributed by atoms with Crippen molar-refractivity contribution in [2.24, 2.45) is 44.6 Å². The van der Waals surface area contributed by atoms with Gasteiger partial charge < -0.3 is 5.32 Å². The lowest BCUT2D eigenvalue weighted by Gasteiger charge is -2.36.